The Kier molecular flexibility index (Phi) is 8.15. The molecule has 3 aliphatic rings. The van der Waals surface area contributed by atoms with Gasteiger partial charge in [-0.2, -0.15) is 0 Å². The van der Waals surface area contributed by atoms with Gasteiger partial charge < -0.3 is 19.9 Å². The lowest BCUT2D eigenvalue weighted by Crippen LogP contribution is -2.35. The van der Waals surface area contributed by atoms with Crippen molar-refractivity contribution in [2.45, 2.75) is 58.6 Å². The summed E-state index contributed by atoms with van der Waals surface area (Å²) in [6.45, 7) is 8.59. The number of amides is 1. The Morgan fingerprint density at radius 3 is 2.61 bits per heavy atom. The smallest absolute Gasteiger partial charge is 0.215 e. The number of ketones is 1. The second kappa shape index (κ2) is 11.4. The molecule has 2 aromatic rings. The lowest BCUT2D eigenvalue weighted by atomic mass is 9.73. The van der Waals surface area contributed by atoms with Gasteiger partial charge in [0.15, 0.2) is 5.78 Å². The number of hydrogen-bond donors (Lipinski definition) is 1. The van der Waals surface area contributed by atoms with Crippen LogP contribution in [0.25, 0.3) is 0 Å². The van der Waals surface area contributed by atoms with Crippen molar-refractivity contribution < 1.29 is 14.3 Å². The van der Waals surface area contributed by atoms with Gasteiger partial charge >= 0.3 is 0 Å². The van der Waals surface area contributed by atoms with Gasteiger partial charge in [-0.05, 0) is 73.2 Å². The second-order valence-electron chi connectivity index (χ2n) is 11.3. The van der Waals surface area contributed by atoms with E-state index in [0.29, 0.717) is 52.9 Å². The number of likely N-dealkylation sites (tertiary alicyclic amines) is 1. The predicted octanol–water partition coefficient (Wildman–Crippen LogP) is 6.77. The summed E-state index contributed by atoms with van der Waals surface area (Å²) in [5, 5.41) is 4.47. The number of benzene rings is 2. The predicted molar refractivity (Wildman–Crippen MR) is 153 cm³/mol. The number of allylic oxidation sites excluding steroid dienone is 1. The summed E-state index contributed by atoms with van der Waals surface area (Å²) < 4.78 is 6.02. The number of fused-ring (bicyclic) bond motifs is 1. The first-order valence-corrected chi connectivity index (χ1v) is 14.2. The molecule has 0 bridgehead atoms. The number of carbonyl (C=O) groups excluding carboxylic acids is 2. The van der Waals surface area contributed by atoms with Crippen molar-refractivity contribution in [1.82, 2.24) is 4.90 Å². The topological polar surface area (TPSA) is 61.9 Å². The van der Waals surface area contributed by atoms with Gasteiger partial charge in [0, 0.05) is 34.3 Å². The van der Waals surface area contributed by atoms with Crippen LogP contribution < -0.4 is 10.2 Å². The van der Waals surface area contributed by atoms with Gasteiger partial charge in [0.05, 0.1) is 30.6 Å². The number of nitrogens with one attached hydrogen (secondary N) is 1. The van der Waals surface area contributed by atoms with Crippen molar-refractivity contribution in [3.05, 3.63) is 68.8 Å². The highest BCUT2D eigenvalue weighted by Crippen LogP contribution is 2.49. The Hall–Kier alpha value is -2.38. The molecule has 1 fully saturated rings. The number of halogens is 2. The van der Waals surface area contributed by atoms with Crippen LogP contribution in [0.1, 0.15) is 63.1 Å². The first-order valence-electron chi connectivity index (χ1n) is 13.4. The highest BCUT2D eigenvalue weighted by atomic mass is 35.5. The summed E-state index contributed by atoms with van der Waals surface area (Å²) in [5.41, 5.74) is 4.35. The number of hydrogen-bond acceptors (Lipinski definition) is 5. The third kappa shape index (κ3) is 5.79. The van der Waals surface area contributed by atoms with E-state index < -0.39 is 6.04 Å². The minimum atomic E-state index is -0.656. The number of nitrogens with zero attached hydrogens (tertiary/aromatic N) is 2. The molecule has 6 nitrogen and oxygen atoms in total. The SMILES string of the molecule is CC1(C)CC(=O)C2=C(C1)Nc1cc(COCCN3CCCCC3)ccc1N(C=O)C2c1ccc(Cl)cc1Cl. The normalized spacial score (nSPS) is 21.4. The van der Waals surface area contributed by atoms with Crippen LogP contribution in [-0.4, -0.2) is 43.3 Å². The first-order chi connectivity index (χ1) is 18.3. The zero-order valence-corrected chi connectivity index (χ0v) is 23.6. The van der Waals surface area contributed by atoms with E-state index in [9.17, 15) is 9.59 Å². The molecule has 38 heavy (non-hydrogen) atoms. The number of rotatable bonds is 7. The van der Waals surface area contributed by atoms with Crippen LogP contribution in [0, 0.1) is 5.41 Å². The Morgan fingerprint density at radius 2 is 1.87 bits per heavy atom. The average molecular weight is 557 g/mol. The number of anilines is 2. The molecule has 5 rings (SSSR count). The van der Waals surface area contributed by atoms with Crippen molar-refractivity contribution >= 4 is 46.8 Å². The van der Waals surface area contributed by atoms with Gasteiger partial charge in [0.1, 0.15) is 0 Å². The van der Waals surface area contributed by atoms with Gasteiger partial charge in [-0.25, -0.2) is 0 Å². The summed E-state index contributed by atoms with van der Waals surface area (Å²) in [4.78, 5) is 30.3. The van der Waals surface area contributed by atoms with Gasteiger partial charge in [-0.15, -0.1) is 0 Å². The molecular weight excluding hydrogens is 521 g/mol. The van der Waals surface area contributed by atoms with Crippen molar-refractivity contribution in [2.24, 2.45) is 5.41 Å². The molecule has 202 valence electrons. The molecule has 1 N–H and O–H groups in total. The molecule has 8 heteroatoms. The lowest BCUT2D eigenvalue weighted by Gasteiger charge is -2.36. The molecule has 0 aromatic heterocycles. The van der Waals surface area contributed by atoms with Crippen molar-refractivity contribution in [2.75, 3.05) is 36.5 Å². The molecule has 2 aromatic carbocycles. The second-order valence-corrected chi connectivity index (χ2v) is 12.2. The highest BCUT2D eigenvalue weighted by Gasteiger charge is 2.42. The molecule has 1 amide bonds. The fourth-order valence-electron chi connectivity index (χ4n) is 5.92. The van der Waals surface area contributed by atoms with E-state index in [1.807, 2.05) is 18.2 Å². The van der Waals surface area contributed by atoms with E-state index >= 15 is 0 Å². The van der Waals surface area contributed by atoms with E-state index in [4.69, 9.17) is 27.9 Å². The van der Waals surface area contributed by atoms with E-state index in [0.717, 1.165) is 43.0 Å². The van der Waals surface area contributed by atoms with E-state index in [1.165, 1.54) is 19.3 Å². The zero-order chi connectivity index (χ0) is 26.9. The first kappa shape index (κ1) is 27.2. The van der Waals surface area contributed by atoms with Crippen LogP contribution in [0.15, 0.2) is 47.7 Å². The Labute approximate surface area is 234 Å². The molecular formula is C30H35Cl2N3O3. The van der Waals surface area contributed by atoms with Crippen LogP contribution >= 0.6 is 23.2 Å². The molecule has 0 spiro atoms. The Morgan fingerprint density at radius 1 is 1.08 bits per heavy atom. The molecule has 2 heterocycles. The van der Waals surface area contributed by atoms with Crippen molar-refractivity contribution in [3.8, 4) is 0 Å². The summed E-state index contributed by atoms with van der Waals surface area (Å²) in [6, 6.07) is 10.5. The monoisotopic (exact) mass is 555 g/mol. The van der Waals surface area contributed by atoms with Gasteiger partial charge in [0.25, 0.3) is 0 Å². The van der Waals surface area contributed by atoms with Gasteiger partial charge in [-0.3, -0.25) is 9.59 Å². The molecule has 1 unspecified atom stereocenters. The maximum Gasteiger partial charge on any atom is 0.215 e. The maximum absolute atomic E-state index is 13.6. The Balaban J connectivity index is 1.47. The summed E-state index contributed by atoms with van der Waals surface area (Å²) in [5.74, 6) is 0.0145. The lowest BCUT2D eigenvalue weighted by molar-refractivity contribution is -0.118. The van der Waals surface area contributed by atoms with Gasteiger partial charge in [0.2, 0.25) is 6.41 Å². The van der Waals surface area contributed by atoms with Crippen LogP contribution in [0.2, 0.25) is 10.0 Å². The molecule has 1 aliphatic carbocycles. The fraction of sp³-hybridized carbons (Fsp3) is 0.467. The van der Waals surface area contributed by atoms with Crippen LogP contribution in [-0.2, 0) is 20.9 Å². The number of ether oxygens (including phenoxy) is 1. The summed E-state index contributed by atoms with van der Waals surface area (Å²) in [7, 11) is 0. The number of carbonyl (C=O) groups is 2. The minimum Gasteiger partial charge on any atom is -0.375 e. The molecule has 0 radical (unpaired) electrons. The number of piperidine rings is 1. The fourth-order valence-corrected chi connectivity index (χ4v) is 6.43. The molecule has 0 saturated carbocycles. The zero-order valence-electron chi connectivity index (χ0n) is 22.1. The summed E-state index contributed by atoms with van der Waals surface area (Å²) >= 11 is 12.8. The molecule has 1 atom stereocenters. The largest absolute Gasteiger partial charge is 0.375 e. The van der Waals surface area contributed by atoms with Gasteiger partial charge in [-0.1, -0.05) is 55.6 Å². The quantitative estimate of drug-likeness (QED) is 0.301. The standard InChI is InChI=1S/C30H35Cl2N3O3/c1-30(2)16-25-28(27(37)17-30)29(22-8-7-21(31)15-23(22)32)35(19-36)26-9-6-20(14-24(26)33-25)18-38-13-12-34-10-4-3-5-11-34/h6-9,14-15,19,29,33H,3-5,10-13,16-18H2,1-2H3. The average Bonchev–Trinajstić information content (AvgIpc) is 3.00. The van der Waals surface area contributed by atoms with E-state index in [-0.39, 0.29) is 11.2 Å². The van der Waals surface area contributed by atoms with Crippen molar-refractivity contribution in [1.29, 1.82) is 0 Å². The Bertz CT molecular complexity index is 1250. The molecule has 2 aliphatic heterocycles. The third-order valence-corrected chi connectivity index (χ3v) is 8.30. The number of Topliss-reactive ketones (excluding diaryl/α,β-unsaturated/α-hetero) is 1. The summed E-state index contributed by atoms with van der Waals surface area (Å²) in [6.07, 6.45) is 5.72. The van der Waals surface area contributed by atoms with Crippen LogP contribution in [0.3, 0.4) is 0 Å². The minimum absolute atomic E-state index is 0.0145. The van der Waals surface area contributed by atoms with E-state index in [2.05, 4.69) is 24.1 Å². The molecule has 1 saturated heterocycles. The highest BCUT2D eigenvalue weighted by molar-refractivity contribution is 6.35. The maximum atomic E-state index is 13.6. The third-order valence-electron chi connectivity index (χ3n) is 7.74. The van der Waals surface area contributed by atoms with Crippen LogP contribution in [0.5, 0.6) is 0 Å². The van der Waals surface area contributed by atoms with E-state index in [1.54, 1.807) is 23.1 Å². The van der Waals surface area contributed by atoms with Crippen LogP contribution in [0.4, 0.5) is 11.4 Å². The van der Waals surface area contributed by atoms with Crippen molar-refractivity contribution in [3.63, 3.8) is 0 Å².